The number of hydrogen-bond acceptors (Lipinski definition) is 4. The highest BCUT2D eigenvalue weighted by Crippen LogP contribution is 2.19. The summed E-state index contributed by atoms with van der Waals surface area (Å²) >= 11 is 3.22. The number of halogens is 1. The van der Waals surface area contributed by atoms with Gasteiger partial charge in [-0.15, -0.1) is 0 Å². The molecular formula is C15H13BrO4S. The van der Waals surface area contributed by atoms with E-state index in [4.69, 9.17) is 4.74 Å². The third-order valence-electron chi connectivity index (χ3n) is 2.87. The second kappa shape index (κ2) is 6.41. The standard InChI is InChI=1S/C15H13BrO4S/c1-20-13-6-2-4-11(8-13)15(17)10-21(18,19)14-7-3-5-12(16)9-14/h2-9H,10H2,1H3. The molecule has 0 spiro atoms. The average Bonchev–Trinajstić information content (AvgIpc) is 2.47. The molecule has 110 valence electrons. The quantitative estimate of drug-likeness (QED) is 0.760. The number of Topliss-reactive ketones (excluding diaryl/α,β-unsaturated/α-hetero) is 1. The smallest absolute Gasteiger partial charge is 0.185 e. The summed E-state index contributed by atoms with van der Waals surface area (Å²) in [4.78, 5) is 12.3. The lowest BCUT2D eigenvalue weighted by molar-refractivity contribution is 0.102. The predicted octanol–water partition coefficient (Wildman–Crippen LogP) is 3.11. The first-order valence-electron chi connectivity index (χ1n) is 6.08. The van der Waals surface area contributed by atoms with Gasteiger partial charge in [0.15, 0.2) is 15.6 Å². The lowest BCUT2D eigenvalue weighted by Crippen LogP contribution is -2.16. The molecule has 2 rings (SSSR count). The summed E-state index contributed by atoms with van der Waals surface area (Å²) in [6.45, 7) is 0. The van der Waals surface area contributed by atoms with E-state index < -0.39 is 21.4 Å². The first-order valence-corrected chi connectivity index (χ1v) is 8.52. The minimum Gasteiger partial charge on any atom is -0.497 e. The molecule has 0 saturated carbocycles. The van der Waals surface area contributed by atoms with Crippen LogP contribution >= 0.6 is 15.9 Å². The average molecular weight is 369 g/mol. The van der Waals surface area contributed by atoms with Crippen molar-refractivity contribution in [3.63, 3.8) is 0 Å². The molecule has 0 saturated heterocycles. The zero-order chi connectivity index (χ0) is 15.5. The highest BCUT2D eigenvalue weighted by atomic mass is 79.9. The number of benzene rings is 2. The topological polar surface area (TPSA) is 60.4 Å². The third kappa shape index (κ3) is 3.92. The fraction of sp³-hybridized carbons (Fsp3) is 0.133. The van der Waals surface area contributed by atoms with Crippen LogP contribution < -0.4 is 4.74 Å². The van der Waals surface area contributed by atoms with E-state index >= 15 is 0 Å². The Labute approximate surface area is 131 Å². The van der Waals surface area contributed by atoms with E-state index in [1.165, 1.54) is 25.3 Å². The molecule has 0 heterocycles. The van der Waals surface area contributed by atoms with Gasteiger partial charge < -0.3 is 4.74 Å². The van der Waals surface area contributed by atoms with Crippen molar-refractivity contribution in [1.29, 1.82) is 0 Å². The summed E-state index contributed by atoms with van der Waals surface area (Å²) in [6.07, 6.45) is 0. The van der Waals surface area contributed by atoms with Crippen molar-refractivity contribution in [3.8, 4) is 5.75 Å². The van der Waals surface area contributed by atoms with Crippen LogP contribution in [0.5, 0.6) is 5.75 Å². The van der Waals surface area contributed by atoms with Gasteiger partial charge in [-0.1, -0.05) is 34.1 Å². The summed E-state index contributed by atoms with van der Waals surface area (Å²) < 4.78 is 30.2. The molecule has 2 aromatic rings. The molecule has 0 aliphatic heterocycles. The van der Waals surface area contributed by atoms with Crippen molar-refractivity contribution in [3.05, 3.63) is 58.6 Å². The van der Waals surface area contributed by atoms with E-state index in [1.807, 2.05) is 0 Å². The molecule has 0 amide bonds. The largest absolute Gasteiger partial charge is 0.497 e. The van der Waals surface area contributed by atoms with Crippen LogP contribution in [-0.4, -0.2) is 27.1 Å². The highest BCUT2D eigenvalue weighted by molar-refractivity contribution is 9.10. The van der Waals surface area contributed by atoms with Crippen LogP contribution in [0, 0.1) is 0 Å². The van der Waals surface area contributed by atoms with E-state index in [0.717, 1.165) is 0 Å². The Morgan fingerprint density at radius 2 is 1.86 bits per heavy atom. The molecule has 0 fully saturated rings. The second-order valence-corrected chi connectivity index (χ2v) is 7.28. The number of rotatable bonds is 5. The van der Waals surface area contributed by atoms with Gasteiger partial charge in [-0.3, -0.25) is 4.79 Å². The van der Waals surface area contributed by atoms with Gasteiger partial charge in [-0.05, 0) is 30.3 Å². The molecule has 0 N–H and O–H groups in total. The third-order valence-corrected chi connectivity index (χ3v) is 4.98. The van der Waals surface area contributed by atoms with Crippen LogP contribution in [0.1, 0.15) is 10.4 Å². The SMILES string of the molecule is COc1cccc(C(=O)CS(=O)(=O)c2cccc(Br)c2)c1. The van der Waals surface area contributed by atoms with Crippen molar-refractivity contribution in [2.45, 2.75) is 4.90 Å². The first-order chi connectivity index (χ1) is 9.92. The number of hydrogen-bond donors (Lipinski definition) is 0. The molecular weight excluding hydrogens is 356 g/mol. The predicted molar refractivity (Wildman–Crippen MR) is 83.5 cm³/mol. The van der Waals surface area contributed by atoms with Crippen molar-refractivity contribution in [2.75, 3.05) is 12.9 Å². The molecule has 6 heteroatoms. The summed E-state index contributed by atoms with van der Waals surface area (Å²) in [7, 11) is -2.18. The number of methoxy groups -OCH3 is 1. The van der Waals surface area contributed by atoms with Gasteiger partial charge in [-0.25, -0.2) is 8.42 Å². The van der Waals surface area contributed by atoms with Gasteiger partial charge in [0.1, 0.15) is 11.5 Å². The Kier molecular flexibility index (Phi) is 4.80. The first kappa shape index (κ1) is 15.7. The van der Waals surface area contributed by atoms with Gasteiger partial charge in [-0.2, -0.15) is 0 Å². The maximum Gasteiger partial charge on any atom is 0.185 e. The van der Waals surface area contributed by atoms with Crippen molar-refractivity contribution in [2.24, 2.45) is 0 Å². The van der Waals surface area contributed by atoms with Gasteiger partial charge in [0.2, 0.25) is 0 Å². The van der Waals surface area contributed by atoms with Crippen LogP contribution in [0.2, 0.25) is 0 Å². The van der Waals surface area contributed by atoms with Crippen LogP contribution in [0.4, 0.5) is 0 Å². The Morgan fingerprint density at radius 1 is 1.14 bits per heavy atom. The fourth-order valence-corrected chi connectivity index (χ4v) is 3.62. The maximum atomic E-state index is 12.2. The summed E-state index contributed by atoms with van der Waals surface area (Å²) in [5.41, 5.74) is 0.313. The molecule has 0 radical (unpaired) electrons. The van der Waals surface area contributed by atoms with Crippen molar-refractivity contribution >= 4 is 31.6 Å². The van der Waals surface area contributed by atoms with E-state index in [0.29, 0.717) is 15.8 Å². The molecule has 0 aliphatic rings. The molecule has 0 unspecified atom stereocenters. The normalized spacial score (nSPS) is 11.1. The van der Waals surface area contributed by atoms with Crippen LogP contribution in [0.25, 0.3) is 0 Å². The lowest BCUT2D eigenvalue weighted by Gasteiger charge is -2.06. The van der Waals surface area contributed by atoms with Crippen LogP contribution in [0.3, 0.4) is 0 Å². The number of sulfone groups is 1. The lowest BCUT2D eigenvalue weighted by atomic mass is 10.1. The molecule has 0 atom stereocenters. The van der Waals surface area contributed by atoms with Gasteiger partial charge in [0, 0.05) is 10.0 Å². The molecule has 4 nitrogen and oxygen atoms in total. The van der Waals surface area contributed by atoms with Crippen molar-refractivity contribution < 1.29 is 17.9 Å². The van der Waals surface area contributed by atoms with Crippen LogP contribution in [-0.2, 0) is 9.84 Å². The minimum absolute atomic E-state index is 0.119. The summed E-state index contributed by atoms with van der Waals surface area (Å²) in [6, 6.07) is 12.7. The van der Waals surface area contributed by atoms with Gasteiger partial charge in [0.25, 0.3) is 0 Å². The Hall–Kier alpha value is -1.66. The highest BCUT2D eigenvalue weighted by Gasteiger charge is 2.20. The fourth-order valence-electron chi connectivity index (χ4n) is 1.80. The van der Waals surface area contributed by atoms with E-state index in [-0.39, 0.29) is 4.90 Å². The molecule has 0 aromatic heterocycles. The summed E-state index contributed by atoms with van der Waals surface area (Å²) in [5.74, 6) is -0.522. The minimum atomic E-state index is -3.67. The van der Waals surface area contributed by atoms with Gasteiger partial charge >= 0.3 is 0 Å². The van der Waals surface area contributed by atoms with Crippen molar-refractivity contribution in [1.82, 2.24) is 0 Å². The summed E-state index contributed by atoms with van der Waals surface area (Å²) in [5, 5.41) is 0. The van der Waals surface area contributed by atoms with E-state index in [1.54, 1.807) is 30.3 Å². The number of ketones is 1. The molecule has 21 heavy (non-hydrogen) atoms. The Morgan fingerprint density at radius 3 is 2.52 bits per heavy atom. The molecule has 0 bridgehead atoms. The molecule has 0 aliphatic carbocycles. The number of carbonyl (C=O) groups excluding carboxylic acids is 1. The Bertz CT molecular complexity index is 769. The monoisotopic (exact) mass is 368 g/mol. The number of carbonyl (C=O) groups is 1. The molecule has 2 aromatic carbocycles. The Balaban J connectivity index is 2.25. The van der Waals surface area contributed by atoms with E-state index in [9.17, 15) is 13.2 Å². The maximum absolute atomic E-state index is 12.2. The van der Waals surface area contributed by atoms with E-state index in [2.05, 4.69) is 15.9 Å². The van der Waals surface area contributed by atoms with Gasteiger partial charge in [0.05, 0.1) is 12.0 Å². The number of ether oxygens (including phenoxy) is 1. The van der Waals surface area contributed by atoms with Crippen LogP contribution in [0.15, 0.2) is 57.9 Å². The zero-order valence-corrected chi connectivity index (χ0v) is 13.6. The zero-order valence-electron chi connectivity index (χ0n) is 11.2. The second-order valence-electron chi connectivity index (χ2n) is 4.37.